The quantitative estimate of drug-likeness (QED) is 0.339. The molecule has 31 heavy (non-hydrogen) atoms. The Balaban J connectivity index is 1.72. The highest BCUT2D eigenvalue weighted by molar-refractivity contribution is 7.80. The number of rotatable bonds is 8. The summed E-state index contributed by atoms with van der Waals surface area (Å²) in [4.78, 5) is 7.74. The molecule has 0 amide bonds. The highest BCUT2D eigenvalue weighted by Gasteiger charge is 2.34. The summed E-state index contributed by atoms with van der Waals surface area (Å²) in [5, 5.41) is 11.0. The monoisotopic (exact) mass is 474 g/mol. The van der Waals surface area contributed by atoms with Crippen molar-refractivity contribution in [1.82, 2.24) is 20.4 Å². The maximum Gasteiger partial charge on any atom is 0.258 e. The number of aromatic nitrogens is 2. The third kappa shape index (κ3) is 4.82. The molecule has 1 N–H and O–H groups in total. The zero-order valence-corrected chi connectivity index (χ0v) is 19.7. The number of nitrogens with one attached hydrogen (secondary N) is 1. The van der Waals surface area contributed by atoms with Crippen molar-refractivity contribution in [1.29, 1.82) is 0 Å². The minimum absolute atomic E-state index is 0.218. The van der Waals surface area contributed by atoms with Crippen LogP contribution in [0.1, 0.15) is 37.8 Å². The Kier molecular flexibility index (Phi) is 7.02. The van der Waals surface area contributed by atoms with Gasteiger partial charge < -0.3 is 19.5 Å². The van der Waals surface area contributed by atoms with Crippen molar-refractivity contribution >= 4 is 45.8 Å². The number of hydrogen-bond donors (Lipinski definition) is 1. The van der Waals surface area contributed by atoms with Gasteiger partial charge in [0, 0.05) is 30.5 Å². The molecule has 9 heteroatoms. The Bertz CT molecular complexity index is 1060. The minimum Gasteiger partial charge on any atom is -0.382 e. The number of allylic oxidation sites excluding steroid dienone is 1. The van der Waals surface area contributed by atoms with Gasteiger partial charge in [-0.2, -0.15) is 4.98 Å². The number of benzene rings is 1. The predicted octanol–water partition coefficient (Wildman–Crippen LogP) is 5.54. The average Bonchev–Trinajstić information content (AvgIpc) is 3.45. The molecule has 2 aromatic heterocycles. The van der Waals surface area contributed by atoms with Crippen molar-refractivity contribution < 1.29 is 9.26 Å². The number of ether oxygens (including phenoxy) is 1. The standard InChI is InChI=1S/C22H23ClN4O2S2/c1-3-28-12-5-11-27-14(2)18(21-25-20(26-29-21)17-6-4-13-31-17)19(24-22(27)30)15-7-9-16(23)10-8-15/h4,6-10,13,19H,3,5,11-12H2,1-2H3,(H,24,30). The van der Waals surface area contributed by atoms with E-state index in [-0.39, 0.29) is 6.04 Å². The summed E-state index contributed by atoms with van der Waals surface area (Å²) in [6.45, 7) is 6.16. The summed E-state index contributed by atoms with van der Waals surface area (Å²) in [6.07, 6.45) is 0.857. The van der Waals surface area contributed by atoms with E-state index in [0.717, 1.165) is 34.7 Å². The lowest BCUT2D eigenvalue weighted by Crippen LogP contribution is -2.46. The van der Waals surface area contributed by atoms with Crippen molar-refractivity contribution in [2.24, 2.45) is 0 Å². The molecule has 1 aliphatic heterocycles. The van der Waals surface area contributed by atoms with Crippen LogP contribution in [0.5, 0.6) is 0 Å². The second kappa shape index (κ2) is 9.91. The summed E-state index contributed by atoms with van der Waals surface area (Å²) >= 11 is 13.4. The molecule has 1 aromatic carbocycles. The van der Waals surface area contributed by atoms with Gasteiger partial charge in [0.1, 0.15) is 0 Å². The van der Waals surface area contributed by atoms with Gasteiger partial charge in [0.05, 0.1) is 16.5 Å². The SMILES string of the molecule is CCOCCCN1C(=S)NC(c2ccc(Cl)cc2)C(c2nc(-c3cccs3)no2)=C1C. The van der Waals surface area contributed by atoms with Crippen molar-refractivity contribution in [3.8, 4) is 10.7 Å². The molecule has 0 saturated heterocycles. The van der Waals surface area contributed by atoms with Gasteiger partial charge >= 0.3 is 0 Å². The number of thiophene rings is 1. The van der Waals surface area contributed by atoms with Gasteiger partial charge in [0.15, 0.2) is 5.11 Å². The highest BCUT2D eigenvalue weighted by atomic mass is 35.5. The number of thiocarbonyl (C=S) groups is 1. The van der Waals surface area contributed by atoms with E-state index in [1.807, 2.05) is 55.6 Å². The maximum absolute atomic E-state index is 6.11. The Morgan fingerprint density at radius 3 is 2.81 bits per heavy atom. The first-order chi connectivity index (χ1) is 15.1. The van der Waals surface area contributed by atoms with Crippen LogP contribution in [0.25, 0.3) is 16.3 Å². The van der Waals surface area contributed by atoms with Crippen LogP contribution in [0.4, 0.5) is 0 Å². The fraction of sp³-hybridized carbons (Fsp3) is 0.318. The van der Waals surface area contributed by atoms with Crippen molar-refractivity contribution in [2.45, 2.75) is 26.3 Å². The van der Waals surface area contributed by atoms with Crippen molar-refractivity contribution in [3.05, 3.63) is 64.0 Å². The summed E-state index contributed by atoms with van der Waals surface area (Å²) in [5.74, 6) is 1.06. The van der Waals surface area contributed by atoms with Crippen LogP contribution < -0.4 is 5.32 Å². The number of nitrogens with zero attached hydrogens (tertiary/aromatic N) is 3. The van der Waals surface area contributed by atoms with Gasteiger partial charge in [-0.15, -0.1) is 11.3 Å². The Labute approximate surface area is 195 Å². The second-order valence-electron chi connectivity index (χ2n) is 7.04. The summed E-state index contributed by atoms with van der Waals surface area (Å²) in [7, 11) is 0. The van der Waals surface area contributed by atoms with E-state index in [4.69, 9.17) is 38.1 Å². The van der Waals surface area contributed by atoms with Crippen LogP contribution in [0.2, 0.25) is 5.02 Å². The van der Waals surface area contributed by atoms with Crippen LogP contribution in [0.15, 0.2) is 52.0 Å². The summed E-state index contributed by atoms with van der Waals surface area (Å²) in [5.41, 5.74) is 2.91. The lowest BCUT2D eigenvalue weighted by molar-refractivity contribution is 0.141. The Morgan fingerprint density at radius 2 is 2.10 bits per heavy atom. The van der Waals surface area contributed by atoms with E-state index in [0.29, 0.717) is 35.1 Å². The molecule has 0 fully saturated rings. The van der Waals surface area contributed by atoms with Gasteiger partial charge in [0.2, 0.25) is 5.82 Å². The predicted molar refractivity (Wildman–Crippen MR) is 128 cm³/mol. The van der Waals surface area contributed by atoms with Gasteiger partial charge in [0.25, 0.3) is 5.89 Å². The van der Waals surface area contributed by atoms with E-state index in [1.165, 1.54) is 0 Å². The van der Waals surface area contributed by atoms with Gasteiger partial charge in [-0.1, -0.05) is 35.0 Å². The molecule has 0 spiro atoms. The first kappa shape index (κ1) is 22.0. The maximum atomic E-state index is 6.11. The Hall–Kier alpha value is -2.26. The smallest absolute Gasteiger partial charge is 0.258 e. The van der Waals surface area contributed by atoms with Crippen LogP contribution >= 0.6 is 35.2 Å². The zero-order chi connectivity index (χ0) is 21.8. The van der Waals surface area contributed by atoms with Gasteiger partial charge in [-0.25, -0.2) is 0 Å². The largest absolute Gasteiger partial charge is 0.382 e. The molecule has 3 heterocycles. The second-order valence-corrected chi connectivity index (χ2v) is 8.81. The normalized spacial score (nSPS) is 16.7. The Morgan fingerprint density at radius 1 is 1.29 bits per heavy atom. The number of halogens is 1. The zero-order valence-electron chi connectivity index (χ0n) is 17.3. The van der Waals surface area contributed by atoms with Crippen LogP contribution in [0, 0.1) is 0 Å². The molecule has 0 saturated carbocycles. The van der Waals surface area contributed by atoms with Gasteiger partial charge in [-0.05, 0) is 61.6 Å². The van der Waals surface area contributed by atoms with Crippen LogP contribution in [-0.2, 0) is 4.74 Å². The molecule has 6 nitrogen and oxygen atoms in total. The first-order valence-electron chi connectivity index (χ1n) is 10.1. The van der Waals surface area contributed by atoms with E-state index in [9.17, 15) is 0 Å². The topological polar surface area (TPSA) is 63.4 Å². The van der Waals surface area contributed by atoms with E-state index >= 15 is 0 Å². The first-order valence-corrected chi connectivity index (χ1v) is 11.7. The third-order valence-electron chi connectivity index (χ3n) is 5.07. The lowest BCUT2D eigenvalue weighted by Gasteiger charge is -2.37. The molecule has 0 radical (unpaired) electrons. The molecule has 1 atom stereocenters. The molecule has 4 rings (SSSR count). The summed E-state index contributed by atoms with van der Waals surface area (Å²) < 4.78 is 11.2. The summed E-state index contributed by atoms with van der Waals surface area (Å²) in [6, 6.07) is 11.4. The minimum atomic E-state index is -0.218. The van der Waals surface area contributed by atoms with E-state index < -0.39 is 0 Å². The molecular weight excluding hydrogens is 452 g/mol. The van der Waals surface area contributed by atoms with E-state index in [2.05, 4.69) is 15.4 Å². The van der Waals surface area contributed by atoms with Crippen molar-refractivity contribution in [3.63, 3.8) is 0 Å². The lowest BCUT2D eigenvalue weighted by atomic mass is 9.95. The van der Waals surface area contributed by atoms with E-state index in [1.54, 1.807) is 11.3 Å². The molecule has 3 aromatic rings. The molecule has 1 unspecified atom stereocenters. The number of hydrogen-bond acceptors (Lipinski definition) is 6. The molecular formula is C22H23ClN4O2S2. The molecule has 162 valence electrons. The molecule has 0 bridgehead atoms. The molecule has 1 aliphatic rings. The fourth-order valence-corrected chi connectivity index (χ4v) is 4.66. The van der Waals surface area contributed by atoms with Crippen LogP contribution in [0.3, 0.4) is 0 Å². The molecule has 0 aliphatic carbocycles. The van der Waals surface area contributed by atoms with Crippen molar-refractivity contribution in [2.75, 3.05) is 19.8 Å². The third-order valence-corrected chi connectivity index (χ3v) is 6.53. The highest BCUT2D eigenvalue weighted by Crippen LogP contribution is 2.38. The van der Waals surface area contributed by atoms with Gasteiger partial charge in [-0.3, -0.25) is 0 Å². The van der Waals surface area contributed by atoms with Crippen LogP contribution in [-0.4, -0.2) is 39.9 Å². The fourth-order valence-electron chi connectivity index (χ4n) is 3.54. The average molecular weight is 475 g/mol.